The van der Waals surface area contributed by atoms with Gasteiger partial charge in [-0.2, -0.15) is 0 Å². The second-order valence-electron chi connectivity index (χ2n) is 4.02. The molecule has 1 aliphatic carbocycles. The fourth-order valence-corrected chi connectivity index (χ4v) is 1.60. The molecule has 15 heavy (non-hydrogen) atoms. The van der Waals surface area contributed by atoms with Crippen LogP contribution >= 0.6 is 0 Å². The molecule has 0 aliphatic heterocycles. The molecule has 3 N–H and O–H groups in total. The molecule has 4 heteroatoms. The van der Waals surface area contributed by atoms with Crippen molar-refractivity contribution < 1.29 is 0 Å². The molecular weight excluding hydrogens is 188 g/mol. The zero-order valence-corrected chi connectivity index (χ0v) is 8.27. The van der Waals surface area contributed by atoms with E-state index in [2.05, 4.69) is 15.0 Å². The Morgan fingerprint density at radius 1 is 1.33 bits per heavy atom. The fourth-order valence-electron chi connectivity index (χ4n) is 1.60. The highest BCUT2D eigenvalue weighted by molar-refractivity contribution is 5.57. The van der Waals surface area contributed by atoms with E-state index in [1.54, 1.807) is 6.20 Å². The fraction of sp³-hybridized carbons (Fsp3) is 0.273. The number of nitrogens with one attached hydrogen (secondary N) is 1. The monoisotopic (exact) mass is 200 g/mol. The Bertz CT molecular complexity index is 471. The van der Waals surface area contributed by atoms with E-state index in [0.717, 1.165) is 29.9 Å². The largest absolute Gasteiger partial charge is 0.367 e. The lowest BCUT2D eigenvalue weighted by molar-refractivity contribution is 0.673. The summed E-state index contributed by atoms with van der Waals surface area (Å²) >= 11 is 0. The Morgan fingerprint density at radius 2 is 2.20 bits per heavy atom. The van der Waals surface area contributed by atoms with Crippen molar-refractivity contribution in [1.82, 2.24) is 15.0 Å². The molecule has 2 aromatic rings. The second-order valence-corrected chi connectivity index (χ2v) is 4.02. The van der Waals surface area contributed by atoms with Crippen LogP contribution in [0.25, 0.3) is 11.3 Å². The van der Waals surface area contributed by atoms with Gasteiger partial charge in [-0.05, 0) is 25.0 Å². The predicted molar refractivity (Wildman–Crippen MR) is 56.9 cm³/mol. The summed E-state index contributed by atoms with van der Waals surface area (Å²) in [6.45, 7) is 0. The van der Waals surface area contributed by atoms with Gasteiger partial charge in [0.25, 0.3) is 0 Å². The van der Waals surface area contributed by atoms with Crippen molar-refractivity contribution in [2.24, 2.45) is 5.73 Å². The normalized spacial score (nSPS) is 17.7. The SMILES string of the molecule is NC1(c2nccc(-c3cc[nH]c3)n2)CC1. The third kappa shape index (κ3) is 1.43. The zero-order chi connectivity index (χ0) is 10.3. The number of hydrogen-bond donors (Lipinski definition) is 2. The van der Waals surface area contributed by atoms with E-state index in [9.17, 15) is 0 Å². The standard InChI is InChI=1S/C11H12N4/c12-11(3-4-11)10-14-6-2-9(15-10)8-1-5-13-7-8/h1-2,5-7,13H,3-4,12H2. The van der Waals surface area contributed by atoms with Gasteiger partial charge in [-0.15, -0.1) is 0 Å². The molecule has 0 radical (unpaired) electrons. The minimum absolute atomic E-state index is 0.258. The van der Waals surface area contributed by atoms with Gasteiger partial charge in [-0.1, -0.05) is 0 Å². The molecule has 4 nitrogen and oxygen atoms in total. The molecule has 0 aromatic carbocycles. The molecule has 1 aliphatic rings. The molecule has 0 spiro atoms. The molecule has 0 atom stereocenters. The number of nitrogens with two attached hydrogens (primary N) is 1. The van der Waals surface area contributed by atoms with Gasteiger partial charge in [-0.25, -0.2) is 9.97 Å². The zero-order valence-electron chi connectivity index (χ0n) is 8.27. The van der Waals surface area contributed by atoms with E-state index in [4.69, 9.17) is 5.73 Å². The summed E-state index contributed by atoms with van der Waals surface area (Å²) in [4.78, 5) is 11.7. The van der Waals surface area contributed by atoms with Crippen molar-refractivity contribution in [3.05, 3.63) is 36.5 Å². The molecule has 1 saturated carbocycles. The Labute approximate surface area is 87.6 Å². The number of nitrogens with zero attached hydrogens (tertiary/aromatic N) is 2. The number of aromatic amines is 1. The highest BCUT2D eigenvalue weighted by Gasteiger charge is 2.43. The van der Waals surface area contributed by atoms with Gasteiger partial charge in [-0.3, -0.25) is 0 Å². The minimum atomic E-state index is -0.258. The van der Waals surface area contributed by atoms with Crippen molar-refractivity contribution in [1.29, 1.82) is 0 Å². The number of rotatable bonds is 2. The molecule has 76 valence electrons. The van der Waals surface area contributed by atoms with Gasteiger partial charge in [0.1, 0.15) is 5.82 Å². The average molecular weight is 200 g/mol. The molecule has 2 heterocycles. The van der Waals surface area contributed by atoms with Gasteiger partial charge < -0.3 is 10.7 Å². The number of aromatic nitrogens is 3. The van der Waals surface area contributed by atoms with Crippen LogP contribution in [0, 0.1) is 0 Å². The van der Waals surface area contributed by atoms with Crippen LogP contribution in [0.2, 0.25) is 0 Å². The van der Waals surface area contributed by atoms with Crippen LogP contribution in [-0.4, -0.2) is 15.0 Å². The summed E-state index contributed by atoms with van der Waals surface area (Å²) in [5, 5.41) is 0. The third-order valence-electron chi connectivity index (χ3n) is 2.78. The lowest BCUT2D eigenvalue weighted by atomic mass is 10.2. The topological polar surface area (TPSA) is 67.6 Å². The van der Waals surface area contributed by atoms with Crippen molar-refractivity contribution in [3.8, 4) is 11.3 Å². The molecule has 0 unspecified atom stereocenters. The molecule has 0 saturated heterocycles. The van der Waals surface area contributed by atoms with Crippen molar-refractivity contribution in [2.75, 3.05) is 0 Å². The molecular formula is C11H12N4. The Morgan fingerprint density at radius 3 is 2.87 bits per heavy atom. The molecule has 1 fully saturated rings. The van der Waals surface area contributed by atoms with Crippen molar-refractivity contribution >= 4 is 0 Å². The molecule has 2 aromatic heterocycles. The maximum absolute atomic E-state index is 6.06. The van der Waals surface area contributed by atoms with E-state index in [-0.39, 0.29) is 5.54 Å². The first-order valence-corrected chi connectivity index (χ1v) is 5.03. The van der Waals surface area contributed by atoms with Gasteiger partial charge in [0.05, 0.1) is 11.2 Å². The summed E-state index contributed by atoms with van der Waals surface area (Å²) < 4.78 is 0. The quantitative estimate of drug-likeness (QED) is 0.770. The molecule has 0 amide bonds. The van der Waals surface area contributed by atoms with Crippen LogP contribution < -0.4 is 5.73 Å². The van der Waals surface area contributed by atoms with E-state index < -0.39 is 0 Å². The Kier molecular flexibility index (Phi) is 1.67. The lowest BCUT2D eigenvalue weighted by Crippen LogP contribution is -2.22. The lowest BCUT2D eigenvalue weighted by Gasteiger charge is -2.07. The number of hydrogen-bond acceptors (Lipinski definition) is 3. The predicted octanol–water partition coefficient (Wildman–Crippen LogP) is 1.42. The van der Waals surface area contributed by atoms with Gasteiger partial charge in [0.2, 0.25) is 0 Å². The summed E-state index contributed by atoms with van der Waals surface area (Å²) in [5.41, 5.74) is 7.80. The highest BCUT2D eigenvalue weighted by Crippen LogP contribution is 2.40. The molecule has 3 rings (SSSR count). The van der Waals surface area contributed by atoms with E-state index in [1.165, 1.54) is 0 Å². The maximum atomic E-state index is 6.06. The van der Waals surface area contributed by atoms with Crippen LogP contribution in [0.5, 0.6) is 0 Å². The van der Waals surface area contributed by atoms with Crippen molar-refractivity contribution in [2.45, 2.75) is 18.4 Å². The summed E-state index contributed by atoms with van der Waals surface area (Å²) in [6, 6.07) is 3.89. The van der Waals surface area contributed by atoms with Crippen LogP contribution in [0.4, 0.5) is 0 Å². The van der Waals surface area contributed by atoms with E-state index in [1.807, 2.05) is 24.5 Å². The summed E-state index contributed by atoms with van der Waals surface area (Å²) in [5.74, 6) is 0.765. The maximum Gasteiger partial charge on any atom is 0.148 e. The average Bonchev–Trinajstić information content (AvgIpc) is 2.84. The second kappa shape index (κ2) is 2.90. The van der Waals surface area contributed by atoms with Gasteiger partial charge >= 0.3 is 0 Å². The van der Waals surface area contributed by atoms with Gasteiger partial charge in [0, 0.05) is 24.2 Å². The van der Waals surface area contributed by atoms with Crippen LogP contribution in [0.15, 0.2) is 30.7 Å². The first kappa shape index (κ1) is 8.61. The van der Waals surface area contributed by atoms with Gasteiger partial charge in [0.15, 0.2) is 0 Å². The summed E-state index contributed by atoms with van der Waals surface area (Å²) in [6.07, 6.45) is 7.55. The van der Waals surface area contributed by atoms with E-state index in [0.29, 0.717) is 0 Å². The first-order valence-electron chi connectivity index (χ1n) is 5.03. The van der Waals surface area contributed by atoms with Crippen molar-refractivity contribution in [3.63, 3.8) is 0 Å². The van der Waals surface area contributed by atoms with E-state index >= 15 is 0 Å². The molecule has 0 bridgehead atoms. The summed E-state index contributed by atoms with van der Waals surface area (Å²) in [7, 11) is 0. The number of H-pyrrole nitrogens is 1. The van der Waals surface area contributed by atoms with Crippen LogP contribution in [0.1, 0.15) is 18.7 Å². The first-order chi connectivity index (χ1) is 7.28. The highest BCUT2D eigenvalue weighted by atomic mass is 15.0. The minimum Gasteiger partial charge on any atom is -0.367 e. The third-order valence-corrected chi connectivity index (χ3v) is 2.78. The smallest absolute Gasteiger partial charge is 0.148 e. The van der Waals surface area contributed by atoms with Crippen LogP contribution in [-0.2, 0) is 5.54 Å². The van der Waals surface area contributed by atoms with Crippen LogP contribution in [0.3, 0.4) is 0 Å². The Hall–Kier alpha value is -1.68. The Balaban J connectivity index is 2.04.